The Hall–Kier alpha value is -3.02. The number of methoxy groups -OCH3 is 2. The summed E-state index contributed by atoms with van der Waals surface area (Å²) in [5, 5.41) is 3.96. The molecular weight excluding hydrogens is 356 g/mol. The number of nitrogens with one attached hydrogen (secondary N) is 1. The van der Waals surface area contributed by atoms with Gasteiger partial charge in [-0.2, -0.15) is 5.10 Å². The molecule has 0 unspecified atom stereocenters. The van der Waals surface area contributed by atoms with Crippen molar-refractivity contribution in [3.8, 4) is 17.2 Å². The summed E-state index contributed by atoms with van der Waals surface area (Å²) in [6, 6.07) is 13.3. The number of amides is 1. The molecule has 0 radical (unpaired) electrons. The van der Waals surface area contributed by atoms with Crippen molar-refractivity contribution in [3.63, 3.8) is 0 Å². The van der Waals surface area contributed by atoms with E-state index in [9.17, 15) is 4.79 Å². The van der Waals surface area contributed by atoms with Gasteiger partial charge in [0.15, 0.2) is 18.1 Å². The maximum Gasteiger partial charge on any atom is 0.277 e. The van der Waals surface area contributed by atoms with Gasteiger partial charge >= 0.3 is 0 Å². The van der Waals surface area contributed by atoms with Crippen LogP contribution in [-0.2, 0) is 4.79 Å². The number of rotatable bonds is 10. The van der Waals surface area contributed by atoms with Crippen molar-refractivity contribution in [2.75, 3.05) is 20.8 Å². The molecule has 6 nitrogen and oxygen atoms in total. The Labute approximate surface area is 166 Å². The van der Waals surface area contributed by atoms with Crippen molar-refractivity contribution >= 4 is 12.1 Å². The number of hydrogen-bond acceptors (Lipinski definition) is 5. The second kappa shape index (κ2) is 11.0. The van der Waals surface area contributed by atoms with E-state index in [4.69, 9.17) is 14.2 Å². The first kappa shape index (κ1) is 21.3. The molecule has 6 heteroatoms. The van der Waals surface area contributed by atoms with Gasteiger partial charge in [0.1, 0.15) is 5.75 Å². The van der Waals surface area contributed by atoms with Gasteiger partial charge in [-0.1, -0.05) is 38.5 Å². The second-order valence-corrected chi connectivity index (χ2v) is 6.42. The molecule has 2 rings (SSSR count). The molecule has 0 aromatic heterocycles. The van der Waals surface area contributed by atoms with Crippen molar-refractivity contribution in [1.82, 2.24) is 5.43 Å². The Bertz CT molecular complexity index is 788. The Kier molecular flexibility index (Phi) is 8.34. The molecule has 150 valence electrons. The Morgan fingerprint density at radius 1 is 1.14 bits per heavy atom. The first-order valence-electron chi connectivity index (χ1n) is 9.34. The lowest BCUT2D eigenvalue weighted by Gasteiger charge is -2.11. The number of nitrogens with zero attached hydrogens (tertiary/aromatic N) is 1. The van der Waals surface area contributed by atoms with Crippen LogP contribution < -0.4 is 19.6 Å². The molecular formula is C22H28N2O4. The van der Waals surface area contributed by atoms with Crippen LogP contribution in [0.4, 0.5) is 0 Å². The van der Waals surface area contributed by atoms with Crippen LogP contribution in [0.3, 0.4) is 0 Å². The lowest BCUT2D eigenvalue weighted by molar-refractivity contribution is -0.123. The third-order valence-corrected chi connectivity index (χ3v) is 4.37. The van der Waals surface area contributed by atoms with Crippen molar-refractivity contribution in [1.29, 1.82) is 0 Å². The molecule has 0 spiro atoms. The van der Waals surface area contributed by atoms with Gasteiger partial charge in [-0.05, 0) is 42.2 Å². The molecule has 0 aliphatic heterocycles. The standard InChI is InChI=1S/C22H28N2O4/c1-5-7-16(2)17-10-12-19(13-11-17)28-15-21(25)24-23-14-18-8-6-9-20(26-3)22(18)27-4/h6,8-14,16H,5,7,15H2,1-4H3,(H,24,25)/b23-14-/t16-/m0/s1. The van der Waals surface area contributed by atoms with E-state index in [1.165, 1.54) is 11.8 Å². The minimum Gasteiger partial charge on any atom is -0.493 e. The zero-order chi connectivity index (χ0) is 20.4. The summed E-state index contributed by atoms with van der Waals surface area (Å²) in [5.41, 5.74) is 4.41. The maximum absolute atomic E-state index is 11.9. The highest BCUT2D eigenvalue weighted by atomic mass is 16.5. The Balaban J connectivity index is 1.85. The van der Waals surface area contributed by atoms with E-state index in [0.717, 1.165) is 12.8 Å². The normalized spacial score (nSPS) is 11.9. The van der Waals surface area contributed by atoms with Crippen LogP contribution in [0.15, 0.2) is 47.6 Å². The summed E-state index contributed by atoms with van der Waals surface area (Å²) in [5.74, 6) is 1.97. The molecule has 0 heterocycles. The van der Waals surface area contributed by atoms with E-state index < -0.39 is 0 Å². The summed E-state index contributed by atoms with van der Waals surface area (Å²) in [4.78, 5) is 11.9. The second-order valence-electron chi connectivity index (χ2n) is 6.42. The fourth-order valence-electron chi connectivity index (χ4n) is 2.86. The molecule has 0 aliphatic carbocycles. The first-order chi connectivity index (χ1) is 13.6. The zero-order valence-corrected chi connectivity index (χ0v) is 16.9. The van der Waals surface area contributed by atoms with Crippen molar-refractivity contribution in [3.05, 3.63) is 53.6 Å². The lowest BCUT2D eigenvalue weighted by atomic mass is 9.97. The van der Waals surface area contributed by atoms with Crippen molar-refractivity contribution < 1.29 is 19.0 Å². The number of hydrogen-bond donors (Lipinski definition) is 1. The average Bonchev–Trinajstić information content (AvgIpc) is 2.72. The molecule has 0 bridgehead atoms. The summed E-state index contributed by atoms with van der Waals surface area (Å²) in [7, 11) is 3.12. The number of benzene rings is 2. The number of hydrazone groups is 1. The van der Waals surface area contributed by atoms with Gasteiger partial charge in [0.05, 0.1) is 20.4 Å². The lowest BCUT2D eigenvalue weighted by Crippen LogP contribution is -2.24. The summed E-state index contributed by atoms with van der Waals surface area (Å²) >= 11 is 0. The molecule has 0 saturated carbocycles. The minimum absolute atomic E-state index is 0.115. The van der Waals surface area contributed by atoms with Gasteiger partial charge in [0.2, 0.25) is 0 Å². The van der Waals surface area contributed by atoms with Crippen LogP contribution in [0.1, 0.15) is 43.7 Å². The topological polar surface area (TPSA) is 69.2 Å². The highest BCUT2D eigenvalue weighted by molar-refractivity contribution is 5.86. The highest BCUT2D eigenvalue weighted by Gasteiger charge is 2.08. The van der Waals surface area contributed by atoms with Gasteiger partial charge in [-0.15, -0.1) is 0 Å². The first-order valence-corrected chi connectivity index (χ1v) is 9.34. The van der Waals surface area contributed by atoms with E-state index in [-0.39, 0.29) is 12.5 Å². The molecule has 2 aromatic rings. The quantitative estimate of drug-likeness (QED) is 0.494. The van der Waals surface area contributed by atoms with E-state index >= 15 is 0 Å². The maximum atomic E-state index is 11.9. The predicted octanol–water partition coefficient (Wildman–Crippen LogP) is 4.14. The Morgan fingerprint density at radius 3 is 2.54 bits per heavy atom. The van der Waals surface area contributed by atoms with Gasteiger partial charge in [-0.25, -0.2) is 5.43 Å². The van der Waals surface area contributed by atoms with Gasteiger partial charge in [-0.3, -0.25) is 4.79 Å². The third-order valence-electron chi connectivity index (χ3n) is 4.37. The van der Waals surface area contributed by atoms with E-state index in [0.29, 0.717) is 28.7 Å². The zero-order valence-electron chi connectivity index (χ0n) is 16.9. The van der Waals surface area contributed by atoms with Crippen LogP contribution in [0, 0.1) is 0 Å². The number of carbonyl (C=O) groups is 1. The molecule has 1 amide bonds. The van der Waals surface area contributed by atoms with Crippen LogP contribution in [-0.4, -0.2) is 32.9 Å². The number of ether oxygens (including phenoxy) is 3. The van der Waals surface area contributed by atoms with E-state index in [1.807, 2.05) is 36.4 Å². The van der Waals surface area contributed by atoms with Crippen LogP contribution in [0.25, 0.3) is 0 Å². The predicted molar refractivity (Wildman–Crippen MR) is 111 cm³/mol. The Morgan fingerprint density at radius 2 is 1.89 bits per heavy atom. The highest BCUT2D eigenvalue weighted by Crippen LogP contribution is 2.29. The molecule has 0 aliphatic rings. The average molecular weight is 384 g/mol. The fourth-order valence-corrected chi connectivity index (χ4v) is 2.86. The van der Waals surface area contributed by atoms with Crippen LogP contribution >= 0.6 is 0 Å². The molecule has 1 atom stereocenters. The molecule has 28 heavy (non-hydrogen) atoms. The van der Waals surface area contributed by atoms with Gasteiger partial charge in [0, 0.05) is 5.56 Å². The monoisotopic (exact) mass is 384 g/mol. The minimum atomic E-state index is -0.346. The molecule has 0 fully saturated rings. The van der Waals surface area contributed by atoms with Gasteiger partial charge in [0.25, 0.3) is 5.91 Å². The van der Waals surface area contributed by atoms with Crippen molar-refractivity contribution in [2.45, 2.75) is 32.6 Å². The van der Waals surface area contributed by atoms with Crippen molar-refractivity contribution in [2.24, 2.45) is 5.10 Å². The van der Waals surface area contributed by atoms with E-state index in [1.54, 1.807) is 20.3 Å². The van der Waals surface area contributed by atoms with Crippen LogP contribution in [0.2, 0.25) is 0 Å². The summed E-state index contributed by atoms with van der Waals surface area (Å²) < 4.78 is 16.1. The van der Waals surface area contributed by atoms with Crippen LogP contribution in [0.5, 0.6) is 17.2 Å². The number of para-hydroxylation sites is 1. The smallest absolute Gasteiger partial charge is 0.277 e. The molecule has 2 aromatic carbocycles. The van der Waals surface area contributed by atoms with E-state index in [2.05, 4.69) is 24.4 Å². The fraction of sp³-hybridized carbons (Fsp3) is 0.364. The summed E-state index contributed by atoms with van der Waals surface area (Å²) in [6.07, 6.45) is 3.81. The molecule has 0 saturated heterocycles. The summed E-state index contributed by atoms with van der Waals surface area (Å²) in [6.45, 7) is 4.28. The largest absolute Gasteiger partial charge is 0.493 e. The van der Waals surface area contributed by atoms with Gasteiger partial charge < -0.3 is 14.2 Å². The SMILES string of the molecule is CCC[C@H](C)c1ccc(OCC(=O)N/N=C\c2cccc(OC)c2OC)cc1. The molecule has 1 N–H and O–H groups in total. The number of carbonyl (C=O) groups excluding carboxylic acids is 1. The third kappa shape index (κ3) is 6.01.